The topological polar surface area (TPSA) is 51.2 Å². The van der Waals surface area contributed by atoms with Gasteiger partial charge < -0.3 is 0 Å². The highest BCUT2D eigenvalue weighted by atomic mass is 32.2. The second-order valence-electron chi connectivity index (χ2n) is 3.57. The van der Waals surface area contributed by atoms with Gasteiger partial charge in [0.1, 0.15) is 11.5 Å². The lowest BCUT2D eigenvalue weighted by atomic mass is 10.3. The molecule has 0 N–H and O–H groups in total. The van der Waals surface area contributed by atoms with Crippen molar-refractivity contribution in [3.63, 3.8) is 0 Å². The van der Waals surface area contributed by atoms with E-state index in [0.717, 1.165) is 0 Å². The number of Topliss-reactive ketones (excluding diaryl/α,β-unsaturated/α-hetero) is 1. The van der Waals surface area contributed by atoms with Crippen LogP contribution in [0.1, 0.15) is 27.7 Å². The quantitative estimate of drug-likeness (QED) is 0.628. The molecule has 0 unspecified atom stereocenters. The Morgan fingerprint density at radius 3 is 1.73 bits per heavy atom. The van der Waals surface area contributed by atoms with Crippen LogP contribution in [0.4, 0.5) is 0 Å². The molecule has 0 rings (SSSR count). The molecule has 0 bridgehead atoms. The minimum atomic E-state index is -3.25. The fourth-order valence-corrected chi connectivity index (χ4v) is 1.45. The summed E-state index contributed by atoms with van der Waals surface area (Å²) in [7, 11) is -3.25. The predicted octanol–water partition coefficient (Wildman–Crippen LogP) is 0.789. The standard InChI is InChI=1S/C7H14O3S/c1-6(8)5-11(9,10)7(2,3)4/h5H2,1-4H3. The van der Waals surface area contributed by atoms with Gasteiger partial charge in [-0.3, -0.25) is 4.79 Å². The summed E-state index contributed by atoms with van der Waals surface area (Å²) in [6.45, 7) is 6.05. The Hall–Kier alpha value is -0.380. The van der Waals surface area contributed by atoms with Crippen molar-refractivity contribution in [2.75, 3.05) is 5.75 Å². The Balaban J connectivity index is 4.64. The van der Waals surface area contributed by atoms with E-state index >= 15 is 0 Å². The average Bonchev–Trinajstić information content (AvgIpc) is 1.56. The van der Waals surface area contributed by atoms with Gasteiger partial charge in [0.2, 0.25) is 0 Å². The Bertz CT molecular complexity index is 243. The van der Waals surface area contributed by atoms with Crippen molar-refractivity contribution in [1.29, 1.82) is 0 Å². The van der Waals surface area contributed by atoms with E-state index in [0.29, 0.717) is 0 Å². The summed E-state index contributed by atoms with van der Waals surface area (Å²) in [6, 6.07) is 0. The Morgan fingerprint density at radius 2 is 1.64 bits per heavy atom. The molecule has 66 valence electrons. The third-order valence-corrected chi connectivity index (χ3v) is 3.98. The van der Waals surface area contributed by atoms with Gasteiger partial charge in [0, 0.05) is 0 Å². The van der Waals surface area contributed by atoms with Gasteiger partial charge in [0.15, 0.2) is 9.84 Å². The summed E-state index contributed by atoms with van der Waals surface area (Å²) in [5.74, 6) is -0.656. The average molecular weight is 178 g/mol. The zero-order valence-corrected chi connectivity index (χ0v) is 8.16. The summed E-state index contributed by atoms with van der Waals surface area (Å²) < 4.78 is 21.7. The molecule has 0 aromatic rings. The first-order valence-electron chi connectivity index (χ1n) is 3.38. The van der Waals surface area contributed by atoms with Crippen molar-refractivity contribution in [2.24, 2.45) is 0 Å². The molecule has 0 saturated carbocycles. The van der Waals surface area contributed by atoms with Gasteiger partial charge in [0.25, 0.3) is 0 Å². The third-order valence-electron chi connectivity index (χ3n) is 1.33. The second-order valence-corrected chi connectivity index (χ2v) is 6.32. The fourth-order valence-electron chi connectivity index (χ4n) is 0.484. The molecule has 0 amide bonds. The Morgan fingerprint density at radius 1 is 1.27 bits per heavy atom. The van der Waals surface area contributed by atoms with Gasteiger partial charge in [-0.15, -0.1) is 0 Å². The van der Waals surface area contributed by atoms with Crippen molar-refractivity contribution in [3.8, 4) is 0 Å². The van der Waals surface area contributed by atoms with E-state index in [9.17, 15) is 13.2 Å². The van der Waals surface area contributed by atoms with E-state index in [1.807, 2.05) is 0 Å². The molecule has 11 heavy (non-hydrogen) atoms. The van der Waals surface area contributed by atoms with Crippen LogP contribution >= 0.6 is 0 Å². The highest BCUT2D eigenvalue weighted by molar-refractivity contribution is 7.93. The van der Waals surface area contributed by atoms with Crippen LogP contribution in [0.5, 0.6) is 0 Å². The SMILES string of the molecule is CC(=O)CS(=O)(=O)C(C)(C)C. The van der Waals surface area contributed by atoms with Crippen molar-refractivity contribution in [2.45, 2.75) is 32.4 Å². The fraction of sp³-hybridized carbons (Fsp3) is 0.857. The molecule has 0 aromatic heterocycles. The molecule has 0 aliphatic heterocycles. The first-order valence-corrected chi connectivity index (χ1v) is 5.04. The summed E-state index contributed by atoms with van der Waals surface area (Å²) in [6.07, 6.45) is 0. The highest BCUT2D eigenvalue weighted by Gasteiger charge is 2.29. The molecule has 0 aromatic carbocycles. The van der Waals surface area contributed by atoms with Gasteiger partial charge in [0.05, 0.1) is 4.75 Å². The van der Waals surface area contributed by atoms with Crippen LogP contribution in [0.15, 0.2) is 0 Å². The molecule has 4 heteroatoms. The lowest BCUT2D eigenvalue weighted by Gasteiger charge is -2.17. The van der Waals surface area contributed by atoms with E-state index in [-0.39, 0.29) is 11.5 Å². The molecule has 0 aliphatic carbocycles. The van der Waals surface area contributed by atoms with Crippen molar-refractivity contribution in [3.05, 3.63) is 0 Å². The molecule has 3 nitrogen and oxygen atoms in total. The number of ketones is 1. The summed E-state index contributed by atoms with van der Waals surface area (Å²) in [5, 5.41) is 0. The Kier molecular flexibility index (Phi) is 2.83. The zero-order chi connectivity index (χ0) is 9.28. The van der Waals surface area contributed by atoms with E-state index in [2.05, 4.69) is 0 Å². The third kappa shape index (κ3) is 3.01. The molecule has 0 aliphatic rings. The lowest BCUT2D eigenvalue weighted by molar-refractivity contribution is -0.114. The van der Waals surface area contributed by atoms with Crippen LogP contribution in [0.2, 0.25) is 0 Å². The molecule has 0 atom stereocenters. The van der Waals surface area contributed by atoms with Gasteiger partial charge in [-0.1, -0.05) is 0 Å². The molecule has 0 fully saturated rings. The van der Waals surface area contributed by atoms with Crippen LogP contribution in [-0.4, -0.2) is 24.7 Å². The number of carbonyl (C=O) groups excluding carboxylic acids is 1. The Labute approximate surface area is 67.7 Å². The van der Waals surface area contributed by atoms with Crippen LogP contribution in [0.3, 0.4) is 0 Å². The van der Waals surface area contributed by atoms with Crippen LogP contribution in [-0.2, 0) is 14.6 Å². The normalized spacial score (nSPS) is 13.1. The highest BCUT2D eigenvalue weighted by Crippen LogP contribution is 2.15. The van der Waals surface area contributed by atoms with Gasteiger partial charge in [-0.25, -0.2) is 8.42 Å². The smallest absolute Gasteiger partial charge is 0.162 e. The number of hydrogen-bond donors (Lipinski definition) is 0. The molecular weight excluding hydrogens is 164 g/mol. The monoisotopic (exact) mass is 178 g/mol. The lowest BCUT2D eigenvalue weighted by Crippen LogP contribution is -2.32. The van der Waals surface area contributed by atoms with Crippen molar-refractivity contribution in [1.82, 2.24) is 0 Å². The van der Waals surface area contributed by atoms with Crippen molar-refractivity contribution < 1.29 is 13.2 Å². The molecular formula is C7H14O3S. The number of sulfone groups is 1. The van der Waals surface area contributed by atoms with Crippen molar-refractivity contribution >= 4 is 15.6 Å². The van der Waals surface area contributed by atoms with E-state index in [1.165, 1.54) is 6.92 Å². The van der Waals surface area contributed by atoms with Gasteiger partial charge in [-0.2, -0.15) is 0 Å². The summed E-state index contributed by atoms with van der Waals surface area (Å²) >= 11 is 0. The van der Waals surface area contributed by atoms with Crippen LogP contribution < -0.4 is 0 Å². The van der Waals surface area contributed by atoms with E-state index in [1.54, 1.807) is 20.8 Å². The maximum atomic E-state index is 11.2. The van der Waals surface area contributed by atoms with Gasteiger partial charge in [-0.05, 0) is 27.7 Å². The minimum Gasteiger partial charge on any atom is -0.299 e. The maximum absolute atomic E-state index is 11.2. The maximum Gasteiger partial charge on any atom is 0.162 e. The molecule has 0 spiro atoms. The summed E-state index contributed by atoms with van der Waals surface area (Å²) in [5.41, 5.74) is 0. The first-order chi connectivity index (χ1) is 4.67. The van der Waals surface area contributed by atoms with E-state index in [4.69, 9.17) is 0 Å². The number of carbonyl (C=O) groups is 1. The molecule has 0 heterocycles. The predicted molar refractivity (Wildman–Crippen MR) is 44.2 cm³/mol. The number of rotatable bonds is 2. The van der Waals surface area contributed by atoms with E-state index < -0.39 is 14.6 Å². The van der Waals surface area contributed by atoms with Crippen LogP contribution in [0.25, 0.3) is 0 Å². The largest absolute Gasteiger partial charge is 0.299 e. The van der Waals surface area contributed by atoms with Gasteiger partial charge >= 0.3 is 0 Å². The summed E-state index contributed by atoms with van der Waals surface area (Å²) in [4.78, 5) is 10.5. The zero-order valence-electron chi connectivity index (χ0n) is 7.34. The minimum absolute atomic E-state index is 0.306. The number of hydrogen-bond acceptors (Lipinski definition) is 3. The molecule has 0 radical (unpaired) electrons. The second kappa shape index (κ2) is 2.93. The van der Waals surface area contributed by atoms with Crippen LogP contribution in [0, 0.1) is 0 Å². The molecule has 0 saturated heterocycles. The first kappa shape index (κ1) is 10.6.